The van der Waals surface area contributed by atoms with Crippen molar-refractivity contribution < 1.29 is 27.4 Å². The van der Waals surface area contributed by atoms with Crippen LogP contribution in [0.25, 0.3) is 0 Å². The van der Waals surface area contributed by atoms with Crippen LogP contribution in [-0.4, -0.2) is 65.9 Å². The molecule has 2 unspecified atom stereocenters. The van der Waals surface area contributed by atoms with Gasteiger partial charge in [-0.2, -0.15) is 20.2 Å². The minimum absolute atomic E-state index is 0.00549. The van der Waals surface area contributed by atoms with Crippen LogP contribution >= 0.6 is 11.8 Å². The molecule has 1 saturated heterocycles. The summed E-state index contributed by atoms with van der Waals surface area (Å²) in [6.45, 7) is 1.60. The second kappa shape index (κ2) is 7.93. The van der Waals surface area contributed by atoms with E-state index in [2.05, 4.69) is 5.32 Å². The van der Waals surface area contributed by atoms with Gasteiger partial charge in [0.05, 0.1) is 0 Å². The first-order valence-corrected chi connectivity index (χ1v) is 9.65. The maximum atomic E-state index is 11.8. The third-order valence-electron chi connectivity index (χ3n) is 3.34. The second-order valence-electron chi connectivity index (χ2n) is 5.06. The van der Waals surface area contributed by atoms with Gasteiger partial charge in [0.25, 0.3) is 10.1 Å². The lowest BCUT2D eigenvalue weighted by Gasteiger charge is -2.17. The highest BCUT2D eigenvalue weighted by molar-refractivity contribution is 7.98. The number of hydrogen-bond acceptors (Lipinski definition) is 6. The van der Waals surface area contributed by atoms with E-state index in [0.717, 1.165) is 4.90 Å². The Morgan fingerprint density at radius 3 is 2.59 bits per heavy atom. The normalized spacial score (nSPS) is 20.3. The number of carbonyl (C=O) groups is 3. The largest absolute Gasteiger partial charge is 0.353 e. The first-order chi connectivity index (χ1) is 10.2. The Hall–Kier alpha value is -1.13. The van der Waals surface area contributed by atoms with Crippen LogP contribution in [0.4, 0.5) is 0 Å². The summed E-state index contributed by atoms with van der Waals surface area (Å²) in [5.41, 5.74) is 0. The minimum Gasteiger partial charge on any atom is -0.353 e. The summed E-state index contributed by atoms with van der Waals surface area (Å²) in [4.78, 5) is 36.1. The van der Waals surface area contributed by atoms with Crippen LogP contribution in [0.2, 0.25) is 0 Å². The molecule has 0 aromatic carbocycles. The summed E-state index contributed by atoms with van der Waals surface area (Å²) in [5.74, 6) is -1.40. The third kappa shape index (κ3) is 4.96. The van der Waals surface area contributed by atoms with E-state index in [1.165, 1.54) is 11.8 Å². The van der Waals surface area contributed by atoms with Crippen molar-refractivity contribution >= 4 is 39.6 Å². The predicted octanol–water partition coefficient (Wildman–Crippen LogP) is -0.493. The molecule has 1 aliphatic rings. The Balaban J connectivity index is 2.53. The standard InChI is InChI=1S/C12H20N2O6S2/c1-8-7-10(15)14(12(8)17)5-4-13-11(16)9(3-6-21-2)22(18,19)20/h8-9H,3-7H2,1-2H3,(H,13,16)(H,18,19,20). The quantitative estimate of drug-likeness (QED) is 0.446. The SMILES string of the molecule is CSCCC(C(=O)NCCN1C(=O)CC(C)C1=O)S(=O)(=O)O. The van der Waals surface area contributed by atoms with Crippen molar-refractivity contribution in [3.63, 3.8) is 0 Å². The van der Waals surface area contributed by atoms with Gasteiger partial charge in [-0.25, -0.2) is 0 Å². The number of imide groups is 1. The van der Waals surface area contributed by atoms with Crippen LogP contribution in [0.15, 0.2) is 0 Å². The van der Waals surface area contributed by atoms with Crippen LogP contribution < -0.4 is 5.32 Å². The maximum absolute atomic E-state index is 11.8. The van der Waals surface area contributed by atoms with Crippen molar-refractivity contribution in [2.45, 2.75) is 25.0 Å². The van der Waals surface area contributed by atoms with Gasteiger partial charge in [-0.1, -0.05) is 6.92 Å². The van der Waals surface area contributed by atoms with Crippen molar-refractivity contribution in [3.05, 3.63) is 0 Å². The Labute approximate surface area is 133 Å². The molecule has 1 rings (SSSR count). The molecule has 1 fully saturated rings. The van der Waals surface area contributed by atoms with E-state index < -0.39 is 21.3 Å². The molecule has 0 spiro atoms. The molecule has 0 aromatic rings. The van der Waals surface area contributed by atoms with Crippen molar-refractivity contribution in [2.24, 2.45) is 5.92 Å². The van der Waals surface area contributed by atoms with Crippen molar-refractivity contribution in [1.29, 1.82) is 0 Å². The fraction of sp³-hybridized carbons (Fsp3) is 0.750. The summed E-state index contributed by atoms with van der Waals surface area (Å²) in [7, 11) is -4.49. The molecule has 8 nitrogen and oxygen atoms in total. The van der Waals surface area contributed by atoms with Gasteiger partial charge in [-0.15, -0.1) is 0 Å². The Morgan fingerprint density at radius 1 is 1.50 bits per heavy atom. The highest BCUT2D eigenvalue weighted by Gasteiger charge is 2.35. The molecule has 126 valence electrons. The number of carbonyl (C=O) groups excluding carboxylic acids is 3. The van der Waals surface area contributed by atoms with Crippen LogP contribution in [-0.2, 0) is 24.5 Å². The molecule has 1 heterocycles. The van der Waals surface area contributed by atoms with E-state index in [9.17, 15) is 22.8 Å². The Bertz CT molecular complexity index is 548. The first kappa shape index (κ1) is 18.9. The molecule has 2 N–H and O–H groups in total. The summed E-state index contributed by atoms with van der Waals surface area (Å²) in [5, 5.41) is 0.809. The van der Waals surface area contributed by atoms with E-state index in [4.69, 9.17) is 4.55 Å². The maximum Gasteiger partial charge on any atom is 0.276 e. The molecule has 10 heteroatoms. The van der Waals surface area contributed by atoms with Crippen LogP contribution in [0.1, 0.15) is 19.8 Å². The third-order valence-corrected chi connectivity index (χ3v) is 5.15. The zero-order valence-electron chi connectivity index (χ0n) is 12.4. The van der Waals surface area contributed by atoms with E-state index in [1.807, 2.05) is 0 Å². The molecule has 0 aromatic heterocycles. The summed E-state index contributed by atoms with van der Waals surface area (Å²) < 4.78 is 31.5. The molecule has 0 bridgehead atoms. The number of nitrogens with one attached hydrogen (secondary N) is 1. The van der Waals surface area contributed by atoms with E-state index in [1.54, 1.807) is 13.2 Å². The molecule has 2 atom stereocenters. The van der Waals surface area contributed by atoms with Gasteiger partial charge in [-0.3, -0.25) is 23.8 Å². The zero-order valence-corrected chi connectivity index (χ0v) is 14.1. The topological polar surface area (TPSA) is 121 Å². The van der Waals surface area contributed by atoms with Crippen LogP contribution in [0.3, 0.4) is 0 Å². The number of likely N-dealkylation sites (tertiary alicyclic amines) is 1. The zero-order chi connectivity index (χ0) is 16.9. The predicted molar refractivity (Wildman–Crippen MR) is 81.8 cm³/mol. The first-order valence-electron chi connectivity index (χ1n) is 6.75. The lowest BCUT2D eigenvalue weighted by atomic mass is 10.1. The number of thioether (sulfide) groups is 1. The summed E-state index contributed by atoms with van der Waals surface area (Å²) in [6.07, 6.45) is 1.89. The highest BCUT2D eigenvalue weighted by Crippen LogP contribution is 2.17. The molecule has 1 aliphatic heterocycles. The Morgan fingerprint density at radius 2 is 2.14 bits per heavy atom. The van der Waals surface area contributed by atoms with Gasteiger partial charge in [0.1, 0.15) is 0 Å². The summed E-state index contributed by atoms with van der Waals surface area (Å²) >= 11 is 1.36. The minimum atomic E-state index is -4.49. The number of amides is 3. The smallest absolute Gasteiger partial charge is 0.276 e. The molecular weight excluding hydrogens is 332 g/mol. The van der Waals surface area contributed by atoms with Gasteiger partial charge in [-0.05, 0) is 18.4 Å². The van der Waals surface area contributed by atoms with Gasteiger partial charge in [0, 0.05) is 25.4 Å². The Kier molecular flexibility index (Phi) is 6.82. The molecule has 0 aliphatic carbocycles. The fourth-order valence-corrected chi connectivity index (χ4v) is 3.52. The summed E-state index contributed by atoms with van der Waals surface area (Å²) in [6, 6.07) is 0. The van der Waals surface area contributed by atoms with Gasteiger partial charge in [0.2, 0.25) is 17.7 Å². The van der Waals surface area contributed by atoms with Crippen molar-refractivity contribution in [1.82, 2.24) is 10.2 Å². The number of nitrogens with zero attached hydrogens (tertiary/aromatic N) is 1. The molecule has 3 amide bonds. The lowest BCUT2D eigenvalue weighted by molar-refractivity contribution is -0.139. The average molecular weight is 352 g/mol. The second-order valence-corrected chi connectivity index (χ2v) is 7.65. The van der Waals surface area contributed by atoms with Crippen molar-refractivity contribution in [2.75, 3.05) is 25.1 Å². The number of rotatable bonds is 8. The highest BCUT2D eigenvalue weighted by atomic mass is 32.2. The molecule has 0 radical (unpaired) electrons. The molecule has 22 heavy (non-hydrogen) atoms. The monoisotopic (exact) mass is 352 g/mol. The average Bonchev–Trinajstić information content (AvgIpc) is 2.64. The van der Waals surface area contributed by atoms with E-state index in [-0.39, 0.29) is 43.7 Å². The van der Waals surface area contributed by atoms with Gasteiger partial charge >= 0.3 is 0 Å². The number of hydrogen-bond donors (Lipinski definition) is 2. The van der Waals surface area contributed by atoms with Crippen LogP contribution in [0, 0.1) is 5.92 Å². The molecule has 0 saturated carbocycles. The molecular formula is C12H20N2O6S2. The van der Waals surface area contributed by atoms with E-state index in [0.29, 0.717) is 5.75 Å². The fourth-order valence-electron chi connectivity index (χ4n) is 2.13. The van der Waals surface area contributed by atoms with Gasteiger partial charge < -0.3 is 5.32 Å². The van der Waals surface area contributed by atoms with E-state index >= 15 is 0 Å². The van der Waals surface area contributed by atoms with Crippen molar-refractivity contribution in [3.8, 4) is 0 Å². The van der Waals surface area contributed by atoms with Gasteiger partial charge in [0.15, 0.2) is 5.25 Å². The lowest BCUT2D eigenvalue weighted by Crippen LogP contribution is -2.44. The van der Waals surface area contributed by atoms with Crippen LogP contribution in [0.5, 0.6) is 0 Å².